The molecule has 0 aliphatic heterocycles. The summed E-state index contributed by atoms with van der Waals surface area (Å²) in [7, 11) is 0. The molecule has 1 aromatic carbocycles. The largest absolute Gasteiger partial charge is 0.385 e. The zero-order valence-corrected chi connectivity index (χ0v) is 11.4. The van der Waals surface area contributed by atoms with Crippen molar-refractivity contribution in [2.75, 3.05) is 11.9 Å². The van der Waals surface area contributed by atoms with Gasteiger partial charge >= 0.3 is 0 Å². The van der Waals surface area contributed by atoms with Crippen molar-refractivity contribution in [2.24, 2.45) is 5.92 Å². The fourth-order valence-electron chi connectivity index (χ4n) is 1.59. The molecule has 1 nitrogen and oxygen atoms in total. The van der Waals surface area contributed by atoms with Gasteiger partial charge in [0.25, 0.3) is 0 Å². The van der Waals surface area contributed by atoms with Gasteiger partial charge < -0.3 is 5.32 Å². The summed E-state index contributed by atoms with van der Waals surface area (Å²) < 4.78 is 1.18. The van der Waals surface area contributed by atoms with Crippen LogP contribution in [-0.2, 0) is 0 Å². The predicted octanol–water partition coefficient (Wildman–Crippen LogP) is 4.61. The monoisotopic (exact) mass is 269 g/mol. The maximum absolute atomic E-state index is 3.54. The summed E-state index contributed by atoms with van der Waals surface area (Å²) in [6.45, 7) is 7.69. The Kier molecular flexibility index (Phi) is 5.16. The van der Waals surface area contributed by atoms with Crippen LogP contribution in [0.1, 0.15) is 32.3 Å². The van der Waals surface area contributed by atoms with Crippen LogP contribution in [0.4, 0.5) is 5.69 Å². The molecule has 84 valence electrons. The number of hydrogen-bond acceptors (Lipinski definition) is 1. The lowest BCUT2D eigenvalue weighted by Gasteiger charge is -2.13. The molecule has 1 rings (SSSR count). The minimum atomic E-state index is 0.745. The van der Waals surface area contributed by atoms with Gasteiger partial charge in [-0.25, -0.2) is 0 Å². The maximum atomic E-state index is 3.54. The van der Waals surface area contributed by atoms with Gasteiger partial charge in [-0.2, -0.15) is 0 Å². The molecule has 0 aliphatic rings. The van der Waals surface area contributed by atoms with Crippen LogP contribution in [0.5, 0.6) is 0 Å². The summed E-state index contributed by atoms with van der Waals surface area (Å²) in [5.74, 6) is 0.745. The summed E-state index contributed by atoms with van der Waals surface area (Å²) in [5.41, 5.74) is 2.48. The van der Waals surface area contributed by atoms with Crippen molar-refractivity contribution in [2.45, 2.75) is 33.6 Å². The van der Waals surface area contributed by atoms with Gasteiger partial charge in [-0.15, -0.1) is 0 Å². The van der Waals surface area contributed by atoms with Crippen molar-refractivity contribution in [3.63, 3.8) is 0 Å². The quantitative estimate of drug-likeness (QED) is 0.824. The molecular formula is C13H20BrN. The highest BCUT2D eigenvalue weighted by atomic mass is 79.9. The van der Waals surface area contributed by atoms with Crippen LogP contribution in [-0.4, -0.2) is 6.54 Å². The molecule has 0 radical (unpaired) electrons. The first-order valence-electron chi connectivity index (χ1n) is 5.63. The van der Waals surface area contributed by atoms with Crippen LogP contribution >= 0.6 is 15.9 Å². The minimum Gasteiger partial charge on any atom is -0.385 e. The Labute approximate surface area is 101 Å². The first-order chi connectivity index (χ1) is 7.13. The standard InChI is InChI=1S/C13H20BrN/c1-4-5-10(2)9-15-12-7-6-11(3)13(14)8-12/h6-8,10,15H,4-5,9H2,1-3H3. The lowest BCUT2D eigenvalue weighted by Crippen LogP contribution is -2.10. The number of aryl methyl sites for hydroxylation is 1. The van der Waals surface area contributed by atoms with Crippen LogP contribution < -0.4 is 5.32 Å². The fraction of sp³-hybridized carbons (Fsp3) is 0.538. The van der Waals surface area contributed by atoms with Crippen LogP contribution in [0.2, 0.25) is 0 Å². The molecule has 0 saturated heterocycles. The first-order valence-corrected chi connectivity index (χ1v) is 6.42. The molecule has 1 unspecified atom stereocenters. The van der Waals surface area contributed by atoms with Gasteiger partial charge in [-0.05, 0) is 37.0 Å². The third-order valence-electron chi connectivity index (χ3n) is 2.61. The Balaban J connectivity index is 2.47. The molecule has 0 saturated carbocycles. The molecule has 0 amide bonds. The van der Waals surface area contributed by atoms with Crippen molar-refractivity contribution in [3.05, 3.63) is 28.2 Å². The maximum Gasteiger partial charge on any atom is 0.0351 e. The molecule has 0 aliphatic carbocycles. The molecule has 0 spiro atoms. The van der Waals surface area contributed by atoms with E-state index in [-0.39, 0.29) is 0 Å². The van der Waals surface area contributed by atoms with Gasteiger partial charge in [-0.3, -0.25) is 0 Å². The molecule has 1 N–H and O–H groups in total. The number of benzene rings is 1. The second-order valence-electron chi connectivity index (χ2n) is 4.24. The van der Waals surface area contributed by atoms with Gasteiger partial charge in [-0.1, -0.05) is 42.3 Å². The fourth-order valence-corrected chi connectivity index (χ4v) is 1.97. The highest BCUT2D eigenvalue weighted by Gasteiger charge is 2.01. The average Bonchev–Trinajstić information content (AvgIpc) is 2.20. The molecule has 0 fully saturated rings. The highest BCUT2D eigenvalue weighted by molar-refractivity contribution is 9.10. The van der Waals surface area contributed by atoms with E-state index in [1.807, 2.05) is 0 Å². The third kappa shape index (κ3) is 4.25. The Hall–Kier alpha value is -0.500. The second-order valence-corrected chi connectivity index (χ2v) is 5.09. The van der Waals surface area contributed by atoms with Gasteiger partial charge in [0, 0.05) is 16.7 Å². The Bertz CT molecular complexity index is 309. The molecule has 0 bridgehead atoms. The zero-order chi connectivity index (χ0) is 11.3. The van der Waals surface area contributed by atoms with Crippen molar-refractivity contribution < 1.29 is 0 Å². The van der Waals surface area contributed by atoms with Crippen molar-refractivity contribution in [1.29, 1.82) is 0 Å². The van der Waals surface area contributed by atoms with Crippen LogP contribution in [0.3, 0.4) is 0 Å². The number of hydrogen-bond donors (Lipinski definition) is 1. The number of nitrogens with one attached hydrogen (secondary N) is 1. The normalized spacial score (nSPS) is 12.5. The highest BCUT2D eigenvalue weighted by Crippen LogP contribution is 2.21. The van der Waals surface area contributed by atoms with E-state index in [0.29, 0.717) is 0 Å². The summed E-state index contributed by atoms with van der Waals surface area (Å²) in [6, 6.07) is 6.42. The lowest BCUT2D eigenvalue weighted by atomic mass is 10.1. The van der Waals surface area contributed by atoms with E-state index in [0.717, 1.165) is 12.5 Å². The van der Waals surface area contributed by atoms with Gasteiger partial charge in [0.15, 0.2) is 0 Å². The lowest BCUT2D eigenvalue weighted by molar-refractivity contribution is 0.551. The summed E-state index contributed by atoms with van der Waals surface area (Å²) in [5, 5.41) is 3.47. The van der Waals surface area contributed by atoms with E-state index >= 15 is 0 Å². The molecule has 0 heterocycles. The SMILES string of the molecule is CCCC(C)CNc1ccc(C)c(Br)c1. The van der Waals surface area contributed by atoms with Crippen molar-refractivity contribution >= 4 is 21.6 Å². The van der Waals surface area contributed by atoms with Gasteiger partial charge in [0.2, 0.25) is 0 Å². The van der Waals surface area contributed by atoms with E-state index in [1.165, 1.54) is 28.6 Å². The molecular weight excluding hydrogens is 250 g/mol. The van der Waals surface area contributed by atoms with Crippen molar-refractivity contribution in [3.8, 4) is 0 Å². The third-order valence-corrected chi connectivity index (χ3v) is 3.46. The minimum absolute atomic E-state index is 0.745. The Morgan fingerprint density at radius 1 is 1.40 bits per heavy atom. The molecule has 15 heavy (non-hydrogen) atoms. The van der Waals surface area contributed by atoms with E-state index in [4.69, 9.17) is 0 Å². The van der Waals surface area contributed by atoms with Crippen LogP contribution in [0.25, 0.3) is 0 Å². The molecule has 1 atom stereocenters. The van der Waals surface area contributed by atoms with E-state index in [1.54, 1.807) is 0 Å². The molecule has 0 aromatic heterocycles. The van der Waals surface area contributed by atoms with Gasteiger partial charge in [0.1, 0.15) is 0 Å². The predicted molar refractivity (Wildman–Crippen MR) is 71.4 cm³/mol. The number of halogens is 1. The van der Waals surface area contributed by atoms with Crippen LogP contribution in [0.15, 0.2) is 22.7 Å². The van der Waals surface area contributed by atoms with E-state index < -0.39 is 0 Å². The topological polar surface area (TPSA) is 12.0 Å². The Morgan fingerprint density at radius 2 is 2.13 bits per heavy atom. The van der Waals surface area contributed by atoms with Crippen LogP contribution in [0, 0.1) is 12.8 Å². The smallest absolute Gasteiger partial charge is 0.0351 e. The van der Waals surface area contributed by atoms with Crippen molar-refractivity contribution in [1.82, 2.24) is 0 Å². The molecule has 1 aromatic rings. The summed E-state index contributed by atoms with van der Waals surface area (Å²) in [6.07, 6.45) is 2.56. The average molecular weight is 270 g/mol. The van der Waals surface area contributed by atoms with E-state index in [2.05, 4.69) is 60.2 Å². The summed E-state index contributed by atoms with van der Waals surface area (Å²) >= 11 is 3.54. The van der Waals surface area contributed by atoms with Gasteiger partial charge in [0.05, 0.1) is 0 Å². The zero-order valence-electron chi connectivity index (χ0n) is 9.81. The molecule has 2 heteroatoms. The first kappa shape index (κ1) is 12.6. The number of anilines is 1. The number of rotatable bonds is 5. The Morgan fingerprint density at radius 3 is 2.73 bits per heavy atom. The van der Waals surface area contributed by atoms with E-state index in [9.17, 15) is 0 Å². The summed E-state index contributed by atoms with van der Waals surface area (Å²) in [4.78, 5) is 0. The second kappa shape index (κ2) is 6.16.